The second-order valence-corrected chi connectivity index (χ2v) is 14.2. The van der Waals surface area contributed by atoms with Crippen LogP contribution in [0.15, 0.2) is 36.5 Å². The van der Waals surface area contributed by atoms with Gasteiger partial charge in [-0.3, -0.25) is 9.88 Å². The Hall–Kier alpha value is -3.34. The summed E-state index contributed by atoms with van der Waals surface area (Å²) < 4.78 is 39.2. The van der Waals surface area contributed by atoms with E-state index in [2.05, 4.69) is 25.1 Å². The van der Waals surface area contributed by atoms with E-state index in [0.29, 0.717) is 57.5 Å². The molecule has 0 amide bonds. The first-order chi connectivity index (χ1) is 21.8. The van der Waals surface area contributed by atoms with Gasteiger partial charge in [-0.2, -0.15) is 9.97 Å². The fourth-order valence-electron chi connectivity index (χ4n) is 9.28. The molecule has 234 valence electrons. The van der Waals surface area contributed by atoms with Crippen LogP contribution < -0.4 is 15.0 Å². The molecule has 5 fully saturated rings. The number of nitrogens with one attached hydrogen (secondary N) is 1. The number of hydrogen-bond acceptors (Lipinski definition) is 8. The second-order valence-electron chi connectivity index (χ2n) is 13.8. The number of phenolic OH excluding ortho intramolecular Hbond substituents is 1. The average molecular weight is 633 g/mol. The maximum atomic E-state index is 16.8. The Bertz CT molecular complexity index is 1850. The van der Waals surface area contributed by atoms with Crippen LogP contribution in [0, 0.1) is 5.82 Å². The number of fused-ring (bicyclic) bond motifs is 7. The number of benzene rings is 2. The maximum absolute atomic E-state index is 16.8. The maximum Gasteiger partial charge on any atom is 0.319 e. The Labute approximate surface area is 264 Å². The normalized spacial score (nSPS) is 30.8. The van der Waals surface area contributed by atoms with Gasteiger partial charge >= 0.3 is 6.01 Å². The number of piperazine rings is 1. The first-order valence-corrected chi connectivity index (χ1v) is 16.6. The van der Waals surface area contributed by atoms with Gasteiger partial charge in [0.05, 0.1) is 10.9 Å². The Morgan fingerprint density at radius 3 is 2.78 bits per heavy atom. The topological polar surface area (TPSA) is 86.6 Å². The van der Waals surface area contributed by atoms with Gasteiger partial charge in [-0.05, 0) is 75.1 Å². The summed E-state index contributed by atoms with van der Waals surface area (Å²) in [5.41, 5.74) is -1.05. The Morgan fingerprint density at radius 2 is 1.93 bits per heavy atom. The van der Waals surface area contributed by atoms with Crippen molar-refractivity contribution in [2.45, 2.75) is 80.7 Å². The number of rotatable bonds is 5. The number of alkyl halides is 1. The van der Waals surface area contributed by atoms with Gasteiger partial charge in [-0.25, -0.2) is 8.78 Å². The van der Waals surface area contributed by atoms with Crippen molar-refractivity contribution in [3.63, 3.8) is 0 Å². The van der Waals surface area contributed by atoms with Crippen LogP contribution in [-0.4, -0.2) is 80.5 Å². The molecule has 9 rings (SSSR count). The van der Waals surface area contributed by atoms with Crippen LogP contribution in [0.3, 0.4) is 0 Å². The highest BCUT2D eigenvalue weighted by Crippen LogP contribution is 2.55. The lowest BCUT2D eigenvalue weighted by Gasteiger charge is -2.35. The van der Waals surface area contributed by atoms with Crippen molar-refractivity contribution in [3.05, 3.63) is 47.4 Å². The molecular formula is C34H35ClF2N6O2. The highest BCUT2D eigenvalue weighted by Gasteiger charge is 2.63. The molecule has 4 aliphatic heterocycles. The monoisotopic (exact) mass is 632 g/mol. The zero-order valence-corrected chi connectivity index (χ0v) is 25.7. The fourth-order valence-corrected chi connectivity index (χ4v) is 9.57. The van der Waals surface area contributed by atoms with Crippen molar-refractivity contribution in [3.8, 4) is 23.0 Å². The summed E-state index contributed by atoms with van der Waals surface area (Å²) in [6, 6.07) is 9.12. The molecule has 4 aromatic rings. The van der Waals surface area contributed by atoms with E-state index in [1.54, 1.807) is 24.4 Å². The van der Waals surface area contributed by atoms with Gasteiger partial charge in [0.1, 0.15) is 35.1 Å². The van der Waals surface area contributed by atoms with Gasteiger partial charge in [-0.15, -0.1) is 0 Å². The molecule has 6 heterocycles. The minimum atomic E-state index is -1.17. The lowest BCUT2D eigenvalue weighted by Crippen LogP contribution is -2.51. The third kappa shape index (κ3) is 4.32. The number of pyridine rings is 1. The van der Waals surface area contributed by atoms with Gasteiger partial charge in [0.2, 0.25) is 0 Å². The molecule has 45 heavy (non-hydrogen) atoms. The zero-order valence-electron chi connectivity index (χ0n) is 24.9. The summed E-state index contributed by atoms with van der Waals surface area (Å²) in [4.78, 5) is 18.7. The molecule has 2 bridgehead atoms. The number of aromatic hydroxyl groups is 1. The molecule has 2 N–H and O–H groups in total. The molecule has 0 spiro atoms. The molecule has 5 aliphatic rings. The third-order valence-corrected chi connectivity index (χ3v) is 11.4. The summed E-state index contributed by atoms with van der Waals surface area (Å²) >= 11 is 6.59. The van der Waals surface area contributed by atoms with Crippen LogP contribution in [0.4, 0.5) is 14.6 Å². The Kier molecular flexibility index (Phi) is 6.25. The van der Waals surface area contributed by atoms with Gasteiger partial charge in [0, 0.05) is 59.8 Å². The molecule has 2 unspecified atom stereocenters. The Balaban J connectivity index is 1.15. The lowest BCUT2D eigenvalue weighted by atomic mass is 9.88. The van der Waals surface area contributed by atoms with Crippen molar-refractivity contribution in [1.29, 1.82) is 0 Å². The van der Waals surface area contributed by atoms with Crippen molar-refractivity contribution in [1.82, 2.24) is 25.2 Å². The smallest absolute Gasteiger partial charge is 0.319 e. The quantitative estimate of drug-likeness (QED) is 0.271. The van der Waals surface area contributed by atoms with Crippen molar-refractivity contribution < 1.29 is 18.6 Å². The van der Waals surface area contributed by atoms with Gasteiger partial charge in [-0.1, -0.05) is 23.7 Å². The standard InChI is InChI=1S/C34H35ClF2N6O2/c35-25-5-1-4-19-12-22(44)13-23(27(19)25)29-28(36)30-24(14-38-29)31(42-15-20-7-8-21(16-42)39-20)41-32(40-30)45-18-33-9-3-11-43(33)26-6-2-10-34(26,37)17-33/h1,4-5,12-14,20-21,26,39,44H,2-3,6-11,15-18H2/t20?,21?,26-,33+,34+/m1/s1. The molecule has 11 heteroatoms. The number of aromatic nitrogens is 3. The molecule has 4 saturated heterocycles. The fraction of sp³-hybridized carbons (Fsp3) is 0.500. The van der Waals surface area contributed by atoms with Crippen molar-refractivity contribution in [2.75, 3.05) is 31.1 Å². The number of anilines is 1. The summed E-state index contributed by atoms with van der Waals surface area (Å²) in [6.07, 6.45) is 8.53. The van der Waals surface area contributed by atoms with E-state index in [0.717, 1.165) is 58.2 Å². The van der Waals surface area contributed by atoms with Crippen LogP contribution in [0.1, 0.15) is 51.4 Å². The van der Waals surface area contributed by atoms with Gasteiger partial charge < -0.3 is 20.1 Å². The minimum absolute atomic E-state index is 0.0166. The van der Waals surface area contributed by atoms with Gasteiger partial charge in [0.25, 0.3) is 0 Å². The average Bonchev–Trinajstić information content (AvgIpc) is 3.74. The molecule has 2 aromatic carbocycles. The number of hydrogen-bond donors (Lipinski definition) is 2. The summed E-state index contributed by atoms with van der Waals surface area (Å²) in [6.45, 7) is 2.61. The first-order valence-electron chi connectivity index (χ1n) is 16.2. The van der Waals surface area contributed by atoms with Crippen LogP contribution in [0.5, 0.6) is 11.8 Å². The SMILES string of the molecule is Oc1cc(-c2ncc3c(N4CC5CCC(C4)N5)nc(OC[C@@]45CCCN4[C@@H]4CCC[C@]4(F)C5)nc3c2F)c2c(Cl)cccc2c1. The van der Waals surface area contributed by atoms with Crippen molar-refractivity contribution in [2.24, 2.45) is 0 Å². The predicted molar refractivity (Wildman–Crippen MR) is 169 cm³/mol. The third-order valence-electron chi connectivity index (χ3n) is 11.1. The highest BCUT2D eigenvalue weighted by molar-refractivity contribution is 6.36. The highest BCUT2D eigenvalue weighted by atomic mass is 35.5. The lowest BCUT2D eigenvalue weighted by molar-refractivity contribution is 0.0811. The van der Waals surface area contributed by atoms with E-state index < -0.39 is 17.0 Å². The first kappa shape index (κ1) is 27.9. The molecule has 1 saturated carbocycles. The number of ether oxygens (including phenoxy) is 1. The Morgan fingerprint density at radius 1 is 1.09 bits per heavy atom. The van der Waals surface area contributed by atoms with Crippen molar-refractivity contribution >= 4 is 39.1 Å². The second kappa shape index (κ2) is 10.1. The molecule has 0 radical (unpaired) electrons. The molecular weight excluding hydrogens is 598 g/mol. The van der Waals surface area contributed by atoms with E-state index in [1.807, 2.05) is 6.07 Å². The summed E-state index contributed by atoms with van der Waals surface area (Å²) in [5.74, 6) is -0.0574. The van der Waals surface area contributed by atoms with E-state index >= 15 is 8.78 Å². The van der Waals surface area contributed by atoms with E-state index in [4.69, 9.17) is 21.3 Å². The zero-order chi connectivity index (χ0) is 30.5. The predicted octanol–water partition coefficient (Wildman–Crippen LogP) is 6.16. The molecule has 1 aliphatic carbocycles. The van der Waals surface area contributed by atoms with Crippen LogP contribution in [0.25, 0.3) is 32.9 Å². The van der Waals surface area contributed by atoms with E-state index in [-0.39, 0.29) is 35.6 Å². The van der Waals surface area contributed by atoms with Crippen LogP contribution in [-0.2, 0) is 0 Å². The minimum Gasteiger partial charge on any atom is -0.508 e. The van der Waals surface area contributed by atoms with E-state index in [9.17, 15) is 5.11 Å². The molecule has 5 atom stereocenters. The van der Waals surface area contributed by atoms with Crippen LogP contribution in [0.2, 0.25) is 5.02 Å². The largest absolute Gasteiger partial charge is 0.508 e. The molecule has 2 aromatic heterocycles. The number of phenols is 1. The number of halogens is 3. The number of nitrogens with zero attached hydrogens (tertiary/aromatic N) is 5. The van der Waals surface area contributed by atoms with Crippen LogP contribution >= 0.6 is 11.6 Å². The van der Waals surface area contributed by atoms with Gasteiger partial charge in [0.15, 0.2) is 5.82 Å². The van der Waals surface area contributed by atoms with E-state index in [1.165, 1.54) is 6.07 Å². The molecule has 8 nitrogen and oxygen atoms in total. The summed E-state index contributed by atoms with van der Waals surface area (Å²) in [7, 11) is 0. The summed E-state index contributed by atoms with van der Waals surface area (Å²) in [5, 5.41) is 16.4.